The molecular weight excluding hydrogens is 346 g/mol. The molecule has 0 aliphatic rings. The summed E-state index contributed by atoms with van der Waals surface area (Å²) in [6, 6.07) is 15.6. The van der Waals surface area contributed by atoms with Gasteiger partial charge in [0.1, 0.15) is 23.6 Å². The number of hydrogen-bond acceptors (Lipinski definition) is 4. The Morgan fingerprint density at radius 1 is 1.12 bits per heavy atom. The van der Waals surface area contributed by atoms with Crippen LogP contribution in [0.1, 0.15) is 5.56 Å². The number of fused-ring (bicyclic) bond motifs is 1. The van der Waals surface area contributed by atoms with Gasteiger partial charge in [-0.3, -0.25) is 4.98 Å². The van der Waals surface area contributed by atoms with E-state index in [1.54, 1.807) is 13.3 Å². The van der Waals surface area contributed by atoms with E-state index in [1.807, 2.05) is 55.5 Å². The zero-order chi connectivity index (χ0) is 18.4. The highest BCUT2D eigenvalue weighted by Gasteiger charge is 2.08. The molecule has 0 aliphatic heterocycles. The summed E-state index contributed by atoms with van der Waals surface area (Å²) in [5, 5.41) is 7.85. The van der Waals surface area contributed by atoms with Gasteiger partial charge in [0, 0.05) is 17.3 Å². The van der Waals surface area contributed by atoms with Crippen LogP contribution >= 0.6 is 12.2 Å². The van der Waals surface area contributed by atoms with Gasteiger partial charge in [-0.25, -0.2) is 0 Å². The van der Waals surface area contributed by atoms with Gasteiger partial charge in [-0.1, -0.05) is 17.7 Å². The number of thiocarbonyl (C=S) groups is 1. The molecule has 1 heterocycles. The molecule has 0 atom stereocenters. The van der Waals surface area contributed by atoms with Crippen molar-refractivity contribution in [1.82, 2.24) is 10.3 Å². The second-order valence-electron chi connectivity index (χ2n) is 5.76. The van der Waals surface area contributed by atoms with Crippen LogP contribution < -0.4 is 20.1 Å². The van der Waals surface area contributed by atoms with Gasteiger partial charge in [0.15, 0.2) is 5.11 Å². The van der Waals surface area contributed by atoms with Crippen LogP contribution in [0.5, 0.6) is 11.5 Å². The fraction of sp³-hybridized carbons (Fsp3) is 0.200. The zero-order valence-electron chi connectivity index (χ0n) is 14.8. The van der Waals surface area contributed by atoms with Crippen molar-refractivity contribution in [3.8, 4) is 11.5 Å². The molecule has 0 saturated carbocycles. The molecule has 0 radical (unpaired) electrons. The monoisotopic (exact) mass is 367 g/mol. The summed E-state index contributed by atoms with van der Waals surface area (Å²) >= 11 is 5.38. The number of ether oxygens (including phenoxy) is 2. The second kappa shape index (κ2) is 8.49. The quantitative estimate of drug-likeness (QED) is 0.509. The number of pyridine rings is 1. The van der Waals surface area contributed by atoms with Crippen LogP contribution in [-0.4, -0.2) is 30.4 Å². The standard InChI is InChI=1S/C20H21N3O2S/c1-14-5-7-15(8-6-14)25-13-12-22-20(26)23-17-9-10-18(24-2)19-16(17)4-3-11-21-19/h3-11H,12-13H2,1-2H3,(H2,22,23,26). The fourth-order valence-corrected chi connectivity index (χ4v) is 2.77. The van der Waals surface area contributed by atoms with E-state index >= 15 is 0 Å². The molecule has 0 saturated heterocycles. The molecule has 0 amide bonds. The molecule has 134 valence electrons. The molecule has 1 aromatic heterocycles. The smallest absolute Gasteiger partial charge is 0.170 e. The number of rotatable bonds is 6. The molecule has 2 N–H and O–H groups in total. The maximum Gasteiger partial charge on any atom is 0.170 e. The molecule has 0 fully saturated rings. The summed E-state index contributed by atoms with van der Waals surface area (Å²) in [4.78, 5) is 4.39. The maximum atomic E-state index is 5.69. The SMILES string of the molecule is COc1ccc(NC(=S)NCCOc2ccc(C)cc2)c2cccnc12. The Hall–Kier alpha value is -2.86. The third kappa shape index (κ3) is 4.40. The maximum absolute atomic E-state index is 5.69. The fourth-order valence-electron chi connectivity index (χ4n) is 2.55. The Morgan fingerprint density at radius 2 is 1.92 bits per heavy atom. The molecule has 0 aliphatic carbocycles. The predicted molar refractivity (Wildman–Crippen MR) is 109 cm³/mol. The Balaban J connectivity index is 1.55. The lowest BCUT2D eigenvalue weighted by molar-refractivity contribution is 0.322. The van der Waals surface area contributed by atoms with Crippen molar-refractivity contribution >= 4 is 33.9 Å². The number of anilines is 1. The lowest BCUT2D eigenvalue weighted by atomic mass is 10.1. The third-order valence-electron chi connectivity index (χ3n) is 3.88. The summed E-state index contributed by atoms with van der Waals surface area (Å²) < 4.78 is 11.0. The highest BCUT2D eigenvalue weighted by molar-refractivity contribution is 7.80. The van der Waals surface area contributed by atoms with Crippen LogP contribution in [0.4, 0.5) is 5.69 Å². The second-order valence-corrected chi connectivity index (χ2v) is 6.17. The highest BCUT2D eigenvalue weighted by atomic mass is 32.1. The Labute approximate surface area is 158 Å². The number of nitrogens with zero attached hydrogens (tertiary/aromatic N) is 1. The van der Waals surface area contributed by atoms with Crippen molar-refractivity contribution in [2.75, 3.05) is 25.6 Å². The lowest BCUT2D eigenvalue weighted by Crippen LogP contribution is -2.32. The lowest BCUT2D eigenvalue weighted by Gasteiger charge is -2.14. The van der Waals surface area contributed by atoms with E-state index in [-0.39, 0.29) is 0 Å². The van der Waals surface area contributed by atoms with Crippen LogP contribution in [-0.2, 0) is 0 Å². The molecule has 3 rings (SSSR count). The number of nitrogens with one attached hydrogen (secondary N) is 2. The van der Waals surface area contributed by atoms with Crippen molar-refractivity contribution in [3.05, 3.63) is 60.3 Å². The summed E-state index contributed by atoms with van der Waals surface area (Å²) in [6.45, 7) is 3.18. The van der Waals surface area contributed by atoms with E-state index in [1.165, 1.54) is 5.56 Å². The number of hydrogen-bond donors (Lipinski definition) is 2. The molecule has 0 bridgehead atoms. The number of aryl methyl sites for hydroxylation is 1. The van der Waals surface area contributed by atoms with Crippen LogP contribution in [0.15, 0.2) is 54.7 Å². The van der Waals surface area contributed by atoms with Crippen LogP contribution in [0.25, 0.3) is 10.9 Å². The van der Waals surface area contributed by atoms with Gasteiger partial charge in [0.25, 0.3) is 0 Å². The van der Waals surface area contributed by atoms with Gasteiger partial charge in [0.05, 0.1) is 13.7 Å². The summed E-state index contributed by atoms with van der Waals surface area (Å²) in [5.74, 6) is 1.58. The molecule has 6 heteroatoms. The molecule has 5 nitrogen and oxygen atoms in total. The van der Waals surface area contributed by atoms with Gasteiger partial charge in [0.2, 0.25) is 0 Å². The van der Waals surface area contributed by atoms with Crippen molar-refractivity contribution in [2.24, 2.45) is 0 Å². The van der Waals surface area contributed by atoms with Crippen LogP contribution in [0, 0.1) is 6.92 Å². The van der Waals surface area contributed by atoms with Crippen LogP contribution in [0.2, 0.25) is 0 Å². The van der Waals surface area contributed by atoms with Crippen molar-refractivity contribution in [1.29, 1.82) is 0 Å². The van der Waals surface area contributed by atoms with Gasteiger partial charge >= 0.3 is 0 Å². The predicted octanol–water partition coefficient (Wildman–Crippen LogP) is 3.92. The summed E-state index contributed by atoms with van der Waals surface area (Å²) in [5.41, 5.74) is 2.89. The van der Waals surface area contributed by atoms with Gasteiger partial charge in [-0.15, -0.1) is 0 Å². The minimum absolute atomic E-state index is 0.524. The van der Waals surface area contributed by atoms with Crippen molar-refractivity contribution in [2.45, 2.75) is 6.92 Å². The first-order valence-electron chi connectivity index (χ1n) is 8.33. The Morgan fingerprint density at radius 3 is 2.69 bits per heavy atom. The topological polar surface area (TPSA) is 55.4 Å². The van der Waals surface area contributed by atoms with E-state index in [9.17, 15) is 0 Å². The first kappa shape index (κ1) is 17.9. The number of aromatic nitrogens is 1. The third-order valence-corrected chi connectivity index (χ3v) is 4.12. The normalized spacial score (nSPS) is 10.4. The Bertz CT molecular complexity index is 897. The minimum Gasteiger partial charge on any atom is -0.494 e. The van der Waals surface area contributed by atoms with E-state index in [2.05, 4.69) is 15.6 Å². The van der Waals surface area contributed by atoms with E-state index in [0.29, 0.717) is 18.3 Å². The highest BCUT2D eigenvalue weighted by Crippen LogP contribution is 2.29. The number of benzene rings is 2. The average Bonchev–Trinajstić information content (AvgIpc) is 2.67. The number of methoxy groups -OCH3 is 1. The van der Waals surface area contributed by atoms with Crippen molar-refractivity contribution in [3.63, 3.8) is 0 Å². The largest absolute Gasteiger partial charge is 0.494 e. The summed E-state index contributed by atoms with van der Waals surface area (Å²) in [7, 11) is 1.64. The first-order chi connectivity index (χ1) is 12.7. The van der Waals surface area contributed by atoms with Gasteiger partial charge < -0.3 is 20.1 Å². The van der Waals surface area contributed by atoms with E-state index in [4.69, 9.17) is 21.7 Å². The molecule has 3 aromatic rings. The van der Waals surface area contributed by atoms with Gasteiger partial charge in [-0.05, 0) is 55.5 Å². The Kier molecular flexibility index (Phi) is 5.86. The molecular formula is C20H21N3O2S. The average molecular weight is 367 g/mol. The van der Waals surface area contributed by atoms with Gasteiger partial charge in [-0.2, -0.15) is 0 Å². The van der Waals surface area contributed by atoms with E-state index in [0.717, 1.165) is 28.1 Å². The first-order valence-corrected chi connectivity index (χ1v) is 8.74. The molecule has 26 heavy (non-hydrogen) atoms. The zero-order valence-corrected chi connectivity index (χ0v) is 15.6. The van der Waals surface area contributed by atoms with E-state index < -0.39 is 0 Å². The summed E-state index contributed by atoms with van der Waals surface area (Å²) in [6.07, 6.45) is 1.74. The minimum atomic E-state index is 0.524. The molecule has 0 spiro atoms. The molecule has 0 unspecified atom stereocenters. The van der Waals surface area contributed by atoms with Crippen molar-refractivity contribution < 1.29 is 9.47 Å². The molecule has 2 aromatic carbocycles. The van der Waals surface area contributed by atoms with Crippen LogP contribution in [0.3, 0.4) is 0 Å².